The SMILES string of the molecule is CCOc1cc(/C=N/NC(=O)c2ccc(-n3c(C)ccc3-c3ccccc3)cc2)ccc1OCc1ccccc1. The number of benzene rings is 4. The van der Waals surface area contributed by atoms with Gasteiger partial charge in [0.2, 0.25) is 0 Å². The van der Waals surface area contributed by atoms with Crippen LogP contribution in [-0.2, 0) is 6.61 Å². The van der Waals surface area contributed by atoms with E-state index in [0.717, 1.165) is 33.8 Å². The van der Waals surface area contributed by atoms with Crippen molar-refractivity contribution in [3.8, 4) is 28.4 Å². The van der Waals surface area contributed by atoms with Crippen LogP contribution in [0.15, 0.2) is 120 Å². The Labute approximate surface area is 234 Å². The highest BCUT2D eigenvalue weighted by Gasteiger charge is 2.11. The highest BCUT2D eigenvalue weighted by molar-refractivity contribution is 5.95. The first kappa shape index (κ1) is 26.5. The van der Waals surface area contributed by atoms with E-state index in [1.807, 2.05) is 85.8 Å². The first-order valence-electron chi connectivity index (χ1n) is 13.2. The molecule has 5 aromatic rings. The highest BCUT2D eigenvalue weighted by Crippen LogP contribution is 2.29. The third-order valence-corrected chi connectivity index (χ3v) is 6.42. The van der Waals surface area contributed by atoms with E-state index >= 15 is 0 Å². The van der Waals surface area contributed by atoms with Gasteiger partial charge in [-0.3, -0.25) is 4.79 Å². The summed E-state index contributed by atoms with van der Waals surface area (Å²) in [5, 5.41) is 4.16. The maximum Gasteiger partial charge on any atom is 0.271 e. The molecule has 0 unspecified atom stereocenters. The normalized spacial score (nSPS) is 10.9. The highest BCUT2D eigenvalue weighted by atomic mass is 16.5. The zero-order chi connectivity index (χ0) is 27.7. The fourth-order valence-corrected chi connectivity index (χ4v) is 4.44. The van der Waals surface area contributed by atoms with Crippen molar-refractivity contribution in [3.05, 3.63) is 138 Å². The van der Waals surface area contributed by atoms with Crippen LogP contribution in [0, 0.1) is 6.92 Å². The van der Waals surface area contributed by atoms with E-state index in [0.29, 0.717) is 30.3 Å². The molecule has 6 heteroatoms. The molecule has 0 aliphatic carbocycles. The van der Waals surface area contributed by atoms with Crippen LogP contribution in [-0.4, -0.2) is 23.3 Å². The molecule has 0 spiro atoms. The number of hydrogen-bond donors (Lipinski definition) is 1. The van der Waals surface area contributed by atoms with E-state index in [1.165, 1.54) is 0 Å². The van der Waals surface area contributed by atoms with Crippen molar-refractivity contribution in [1.29, 1.82) is 0 Å². The summed E-state index contributed by atoms with van der Waals surface area (Å²) in [7, 11) is 0. The van der Waals surface area contributed by atoms with E-state index in [9.17, 15) is 4.79 Å². The number of nitrogens with one attached hydrogen (secondary N) is 1. The number of aromatic nitrogens is 1. The van der Waals surface area contributed by atoms with Crippen molar-refractivity contribution in [3.63, 3.8) is 0 Å². The third kappa shape index (κ3) is 6.30. The average Bonchev–Trinajstić information content (AvgIpc) is 3.39. The van der Waals surface area contributed by atoms with Gasteiger partial charge in [-0.15, -0.1) is 0 Å². The van der Waals surface area contributed by atoms with Crippen molar-refractivity contribution < 1.29 is 14.3 Å². The lowest BCUT2D eigenvalue weighted by molar-refractivity contribution is 0.0955. The number of aryl methyl sites for hydroxylation is 1. The van der Waals surface area contributed by atoms with Crippen molar-refractivity contribution in [2.75, 3.05) is 6.61 Å². The number of rotatable bonds is 10. The van der Waals surface area contributed by atoms with Crippen LogP contribution in [0.25, 0.3) is 16.9 Å². The van der Waals surface area contributed by atoms with Gasteiger partial charge in [0.15, 0.2) is 11.5 Å². The molecule has 5 rings (SSSR count). The lowest BCUT2D eigenvalue weighted by atomic mass is 10.1. The maximum atomic E-state index is 12.8. The van der Waals surface area contributed by atoms with Gasteiger partial charge in [0.1, 0.15) is 6.61 Å². The van der Waals surface area contributed by atoms with Crippen LogP contribution in [0.2, 0.25) is 0 Å². The van der Waals surface area contributed by atoms with Gasteiger partial charge in [-0.05, 0) is 85.1 Å². The number of ether oxygens (including phenoxy) is 2. The van der Waals surface area contributed by atoms with Crippen LogP contribution < -0.4 is 14.9 Å². The smallest absolute Gasteiger partial charge is 0.271 e. The van der Waals surface area contributed by atoms with Crippen molar-refractivity contribution in [1.82, 2.24) is 9.99 Å². The van der Waals surface area contributed by atoms with Crippen LogP contribution in [0.4, 0.5) is 0 Å². The topological polar surface area (TPSA) is 64.8 Å². The lowest BCUT2D eigenvalue weighted by Gasteiger charge is -2.13. The fraction of sp³-hybridized carbons (Fsp3) is 0.118. The average molecular weight is 530 g/mol. The molecule has 1 N–H and O–H groups in total. The monoisotopic (exact) mass is 529 g/mol. The summed E-state index contributed by atoms with van der Waals surface area (Å²) in [4.78, 5) is 12.8. The van der Waals surface area contributed by atoms with Gasteiger partial charge in [-0.1, -0.05) is 60.7 Å². The molecular formula is C34H31N3O3. The van der Waals surface area contributed by atoms with Crippen LogP contribution in [0.3, 0.4) is 0 Å². The van der Waals surface area contributed by atoms with Crippen molar-refractivity contribution in [2.24, 2.45) is 5.10 Å². The zero-order valence-electron chi connectivity index (χ0n) is 22.6. The standard InChI is InChI=1S/C34H31N3O3/c1-3-39-33-22-27(15-21-32(33)40-24-26-10-6-4-7-11-26)23-35-36-34(38)29-16-18-30(19-17-29)37-25(2)14-20-31(37)28-12-8-5-9-13-28/h4-23H,3,24H2,1-2H3,(H,36,38)/b35-23+. The van der Waals surface area contributed by atoms with Crippen LogP contribution >= 0.6 is 0 Å². The Morgan fingerprint density at radius 1 is 0.825 bits per heavy atom. The largest absolute Gasteiger partial charge is 0.490 e. The summed E-state index contributed by atoms with van der Waals surface area (Å²) in [6.07, 6.45) is 1.59. The molecule has 0 saturated heterocycles. The van der Waals surface area contributed by atoms with E-state index in [-0.39, 0.29) is 5.91 Å². The Bertz CT molecular complexity index is 1590. The zero-order valence-corrected chi connectivity index (χ0v) is 22.6. The molecule has 6 nitrogen and oxygen atoms in total. The molecule has 4 aromatic carbocycles. The molecule has 0 aliphatic heterocycles. The Hall–Kier alpha value is -5.10. The summed E-state index contributed by atoms with van der Waals surface area (Å²) in [5.74, 6) is 0.989. The van der Waals surface area contributed by atoms with Gasteiger partial charge < -0.3 is 14.0 Å². The van der Waals surface area contributed by atoms with Crippen LogP contribution in [0.1, 0.15) is 34.1 Å². The Morgan fingerprint density at radius 2 is 1.55 bits per heavy atom. The Balaban J connectivity index is 1.24. The first-order valence-corrected chi connectivity index (χ1v) is 13.2. The van der Waals surface area contributed by atoms with Gasteiger partial charge >= 0.3 is 0 Å². The predicted octanol–water partition coefficient (Wildman–Crippen LogP) is 7.19. The predicted molar refractivity (Wildman–Crippen MR) is 159 cm³/mol. The van der Waals surface area contributed by atoms with E-state index in [2.05, 4.69) is 46.3 Å². The number of nitrogens with zero attached hydrogens (tertiary/aromatic N) is 2. The molecule has 0 fully saturated rings. The fourth-order valence-electron chi connectivity index (χ4n) is 4.44. The van der Waals surface area contributed by atoms with Crippen molar-refractivity contribution >= 4 is 12.1 Å². The maximum absolute atomic E-state index is 12.8. The summed E-state index contributed by atoms with van der Waals surface area (Å²) in [5.41, 5.74) is 9.32. The summed E-state index contributed by atoms with van der Waals surface area (Å²) in [6, 6.07) is 37.5. The quantitative estimate of drug-likeness (QED) is 0.154. The lowest BCUT2D eigenvalue weighted by Crippen LogP contribution is -2.17. The number of hydrogen-bond acceptors (Lipinski definition) is 4. The second kappa shape index (κ2) is 12.6. The Kier molecular flexibility index (Phi) is 8.37. The molecule has 1 amide bonds. The van der Waals surface area contributed by atoms with Gasteiger partial charge in [0, 0.05) is 16.9 Å². The summed E-state index contributed by atoms with van der Waals surface area (Å²) < 4.78 is 13.9. The van der Waals surface area contributed by atoms with E-state index in [4.69, 9.17) is 9.47 Å². The van der Waals surface area contributed by atoms with E-state index < -0.39 is 0 Å². The van der Waals surface area contributed by atoms with Gasteiger partial charge in [0.05, 0.1) is 18.5 Å². The first-order chi connectivity index (χ1) is 19.6. The van der Waals surface area contributed by atoms with Gasteiger partial charge in [-0.25, -0.2) is 5.43 Å². The molecule has 0 saturated carbocycles. The number of carbonyl (C=O) groups excluding carboxylic acids is 1. The minimum Gasteiger partial charge on any atom is -0.490 e. The minimum absolute atomic E-state index is 0.289. The minimum atomic E-state index is -0.289. The van der Waals surface area contributed by atoms with Gasteiger partial charge in [0.25, 0.3) is 5.91 Å². The summed E-state index contributed by atoms with van der Waals surface area (Å²) in [6.45, 7) is 4.94. The number of carbonyl (C=O) groups is 1. The third-order valence-electron chi connectivity index (χ3n) is 6.42. The molecule has 0 bridgehead atoms. The van der Waals surface area contributed by atoms with Crippen molar-refractivity contribution in [2.45, 2.75) is 20.5 Å². The Morgan fingerprint density at radius 3 is 2.27 bits per heavy atom. The molecule has 1 heterocycles. The molecule has 0 radical (unpaired) electrons. The van der Waals surface area contributed by atoms with Crippen LogP contribution in [0.5, 0.6) is 11.5 Å². The molecule has 0 atom stereocenters. The molecule has 0 aliphatic rings. The molecule has 40 heavy (non-hydrogen) atoms. The number of amides is 1. The molecule has 1 aromatic heterocycles. The molecule has 200 valence electrons. The summed E-state index contributed by atoms with van der Waals surface area (Å²) >= 11 is 0. The van der Waals surface area contributed by atoms with Gasteiger partial charge in [-0.2, -0.15) is 5.10 Å². The second-order valence-corrected chi connectivity index (χ2v) is 9.22. The molecular weight excluding hydrogens is 498 g/mol. The van der Waals surface area contributed by atoms with E-state index in [1.54, 1.807) is 18.3 Å². The number of hydrazone groups is 1. The second-order valence-electron chi connectivity index (χ2n) is 9.22.